The van der Waals surface area contributed by atoms with Crippen molar-refractivity contribution in [2.45, 2.75) is 25.3 Å². The van der Waals surface area contributed by atoms with Gasteiger partial charge < -0.3 is 4.42 Å². The van der Waals surface area contributed by atoms with Gasteiger partial charge in [0.05, 0.1) is 16.4 Å². The van der Waals surface area contributed by atoms with Gasteiger partial charge in [-0.1, -0.05) is 15.9 Å². The van der Waals surface area contributed by atoms with Gasteiger partial charge in [0.2, 0.25) is 10.0 Å². The van der Waals surface area contributed by atoms with E-state index in [1.165, 1.54) is 11.3 Å². The minimum Gasteiger partial charge on any atom is -0.458 e. The summed E-state index contributed by atoms with van der Waals surface area (Å²) < 4.78 is 33.8. The minimum absolute atomic E-state index is 0.0839. The topological polar surface area (TPSA) is 72.2 Å². The summed E-state index contributed by atoms with van der Waals surface area (Å²) in [4.78, 5) is 4.58. The Hall–Kier alpha value is -1.48. The number of nitrogens with one attached hydrogen (secondary N) is 1. The maximum Gasteiger partial charge on any atom is 0.240 e. The van der Waals surface area contributed by atoms with Crippen LogP contribution in [0.15, 0.2) is 49.5 Å². The Labute approximate surface area is 152 Å². The molecule has 0 bridgehead atoms. The third-order valence-corrected chi connectivity index (χ3v) is 6.47. The molecule has 3 aromatic rings. The third kappa shape index (κ3) is 3.77. The average Bonchev–Trinajstić information content (AvgIpc) is 3.16. The molecular weight excluding hydrogens is 412 g/mol. The number of hydrogen-bond acceptors (Lipinski definition) is 5. The summed E-state index contributed by atoms with van der Waals surface area (Å²) in [5.74, 6) is 1.17. The first-order valence-electron chi connectivity index (χ1n) is 7.12. The van der Waals surface area contributed by atoms with E-state index in [4.69, 9.17) is 4.42 Å². The molecule has 8 heteroatoms. The summed E-state index contributed by atoms with van der Waals surface area (Å²) in [6.45, 7) is 3.85. The Balaban J connectivity index is 1.73. The molecular formula is C16H15BrN2O3S2. The highest BCUT2D eigenvalue weighted by Gasteiger charge is 2.16. The summed E-state index contributed by atoms with van der Waals surface area (Å²) in [7, 11) is -3.59. The molecule has 0 amide bonds. The van der Waals surface area contributed by atoms with Crippen molar-refractivity contribution in [3.8, 4) is 11.5 Å². The molecule has 0 aliphatic rings. The molecule has 3 rings (SSSR count). The predicted octanol–water partition coefficient (Wildman–Crippen LogP) is 4.26. The summed E-state index contributed by atoms with van der Waals surface area (Å²) in [6, 6.07) is 8.45. The van der Waals surface area contributed by atoms with Gasteiger partial charge in [-0.15, -0.1) is 11.3 Å². The fraction of sp³-hybridized carbons (Fsp3) is 0.188. The fourth-order valence-electron chi connectivity index (χ4n) is 2.12. The Morgan fingerprint density at radius 3 is 2.71 bits per heavy atom. The normalized spacial score (nSPS) is 11.8. The second kappa shape index (κ2) is 6.79. The molecule has 24 heavy (non-hydrogen) atoms. The number of aryl methyl sites for hydroxylation is 2. The highest BCUT2D eigenvalue weighted by atomic mass is 79.9. The van der Waals surface area contributed by atoms with E-state index in [0.29, 0.717) is 11.5 Å². The maximum absolute atomic E-state index is 12.4. The largest absolute Gasteiger partial charge is 0.458 e. The van der Waals surface area contributed by atoms with Crippen LogP contribution in [0.5, 0.6) is 0 Å². The molecule has 1 aromatic carbocycles. The lowest BCUT2D eigenvalue weighted by molar-refractivity contribution is 0.508. The van der Waals surface area contributed by atoms with Crippen LogP contribution in [0.25, 0.3) is 11.5 Å². The molecule has 2 heterocycles. The molecule has 0 fully saturated rings. The van der Waals surface area contributed by atoms with E-state index < -0.39 is 10.0 Å². The molecule has 0 spiro atoms. The zero-order chi connectivity index (χ0) is 17.3. The van der Waals surface area contributed by atoms with Gasteiger partial charge in [-0.25, -0.2) is 18.1 Å². The van der Waals surface area contributed by atoms with Crippen LogP contribution in [-0.2, 0) is 16.6 Å². The first kappa shape index (κ1) is 17.3. The van der Waals surface area contributed by atoms with Gasteiger partial charge in [-0.05, 0) is 49.7 Å². The van der Waals surface area contributed by atoms with Gasteiger partial charge >= 0.3 is 0 Å². The van der Waals surface area contributed by atoms with Crippen LogP contribution in [-0.4, -0.2) is 13.4 Å². The molecule has 1 N–H and O–H groups in total. The van der Waals surface area contributed by atoms with Crippen LogP contribution in [0, 0.1) is 13.8 Å². The number of benzene rings is 1. The Kier molecular flexibility index (Phi) is 4.91. The summed E-state index contributed by atoms with van der Waals surface area (Å²) in [5.41, 5.74) is 1.62. The highest BCUT2D eigenvalue weighted by molar-refractivity contribution is 9.10. The molecule has 0 saturated carbocycles. The molecule has 2 aromatic heterocycles. The van der Waals surface area contributed by atoms with Crippen LogP contribution in [0.1, 0.15) is 16.3 Å². The van der Waals surface area contributed by atoms with E-state index in [1.807, 2.05) is 19.2 Å². The lowest BCUT2D eigenvalue weighted by Crippen LogP contribution is -2.23. The smallest absolute Gasteiger partial charge is 0.240 e. The van der Waals surface area contributed by atoms with E-state index in [0.717, 1.165) is 20.7 Å². The monoisotopic (exact) mass is 426 g/mol. The van der Waals surface area contributed by atoms with Gasteiger partial charge in [0.1, 0.15) is 11.5 Å². The highest BCUT2D eigenvalue weighted by Crippen LogP contribution is 2.24. The Bertz CT molecular complexity index is 977. The van der Waals surface area contributed by atoms with Gasteiger partial charge in [0.25, 0.3) is 0 Å². The van der Waals surface area contributed by atoms with Crippen molar-refractivity contribution in [2.75, 3.05) is 0 Å². The van der Waals surface area contributed by atoms with E-state index in [2.05, 4.69) is 25.6 Å². The van der Waals surface area contributed by atoms with Crippen LogP contribution < -0.4 is 4.72 Å². The Morgan fingerprint density at radius 2 is 2.04 bits per heavy atom. The van der Waals surface area contributed by atoms with Crippen molar-refractivity contribution < 1.29 is 12.8 Å². The van der Waals surface area contributed by atoms with Crippen molar-refractivity contribution >= 4 is 37.3 Å². The lowest BCUT2D eigenvalue weighted by Gasteiger charge is -2.07. The lowest BCUT2D eigenvalue weighted by atomic mass is 10.2. The number of furan rings is 1. The number of hydrogen-bond donors (Lipinski definition) is 1. The molecule has 126 valence electrons. The first-order chi connectivity index (χ1) is 11.3. The number of rotatable bonds is 5. The summed E-state index contributed by atoms with van der Waals surface area (Å²) >= 11 is 4.90. The number of thiazole rings is 1. The molecule has 0 aliphatic carbocycles. The van der Waals surface area contributed by atoms with E-state index in [-0.39, 0.29) is 11.4 Å². The van der Waals surface area contributed by atoms with Crippen LogP contribution in [0.3, 0.4) is 0 Å². The van der Waals surface area contributed by atoms with Crippen molar-refractivity contribution in [3.63, 3.8) is 0 Å². The third-order valence-electron chi connectivity index (χ3n) is 3.41. The zero-order valence-electron chi connectivity index (χ0n) is 13.0. The molecule has 0 unspecified atom stereocenters. The minimum atomic E-state index is -3.59. The average molecular weight is 427 g/mol. The van der Waals surface area contributed by atoms with Gasteiger partial charge in [0, 0.05) is 9.85 Å². The molecule has 0 aliphatic heterocycles. The SMILES string of the molecule is Cc1nc(-c2ccc(CNS(=O)(=O)c3ccc(Br)c(C)c3)o2)cs1. The number of halogens is 1. The molecule has 0 atom stereocenters. The number of nitrogens with zero attached hydrogens (tertiary/aromatic N) is 1. The predicted molar refractivity (Wildman–Crippen MR) is 97.5 cm³/mol. The van der Waals surface area contributed by atoms with Crippen LogP contribution >= 0.6 is 27.3 Å². The van der Waals surface area contributed by atoms with Crippen molar-refractivity contribution in [1.29, 1.82) is 0 Å². The first-order valence-corrected chi connectivity index (χ1v) is 10.3. The second-order valence-corrected chi connectivity index (χ2v) is 8.94. The number of aromatic nitrogens is 1. The van der Waals surface area contributed by atoms with Crippen LogP contribution in [0.4, 0.5) is 0 Å². The zero-order valence-corrected chi connectivity index (χ0v) is 16.3. The van der Waals surface area contributed by atoms with E-state index >= 15 is 0 Å². The van der Waals surface area contributed by atoms with Crippen molar-refractivity contribution in [1.82, 2.24) is 9.71 Å². The van der Waals surface area contributed by atoms with Crippen LogP contribution in [0.2, 0.25) is 0 Å². The standard InChI is InChI=1S/C16H15BrN2O3S2/c1-10-7-13(4-5-14(10)17)24(20,21)18-8-12-3-6-16(22-12)15-9-23-11(2)19-15/h3-7,9,18H,8H2,1-2H3. The quantitative estimate of drug-likeness (QED) is 0.661. The van der Waals surface area contributed by atoms with E-state index in [1.54, 1.807) is 30.3 Å². The fourth-order valence-corrected chi connectivity index (χ4v) is 4.05. The van der Waals surface area contributed by atoms with Gasteiger partial charge in [0.15, 0.2) is 5.76 Å². The molecule has 5 nitrogen and oxygen atoms in total. The van der Waals surface area contributed by atoms with Gasteiger partial charge in [-0.3, -0.25) is 0 Å². The second-order valence-electron chi connectivity index (χ2n) is 5.25. The molecule has 0 radical (unpaired) electrons. The van der Waals surface area contributed by atoms with Crippen molar-refractivity contribution in [2.24, 2.45) is 0 Å². The number of sulfonamides is 1. The summed E-state index contributed by atoms with van der Waals surface area (Å²) in [6.07, 6.45) is 0. The summed E-state index contributed by atoms with van der Waals surface area (Å²) in [5, 5.41) is 2.86. The van der Waals surface area contributed by atoms with Crippen molar-refractivity contribution in [3.05, 3.63) is 56.5 Å². The maximum atomic E-state index is 12.4. The Morgan fingerprint density at radius 1 is 1.25 bits per heavy atom. The molecule has 0 saturated heterocycles. The van der Waals surface area contributed by atoms with Gasteiger partial charge in [-0.2, -0.15) is 0 Å². The van der Waals surface area contributed by atoms with E-state index in [9.17, 15) is 8.42 Å².